The standard InChI is InChI=1S/C44H64ClNO5/c1-27(2)36-31(47)24-44(22-23-46-26-28-10-12-29(45)13-11-28)21-20-42(8)30(37(36)44)14-15-33-41(7)18-17-34(51-35(48)25-39(3,4)38(49)50)40(5,6)32(41)16-19-43(33,42)9/h10-13,27,30,32-34,46H,14-26H2,1-9H3,(H,49,50). The second kappa shape index (κ2) is 13.3. The van der Waals surface area contributed by atoms with Gasteiger partial charge in [0.1, 0.15) is 6.10 Å². The highest BCUT2D eigenvalue weighted by molar-refractivity contribution is 6.30. The highest BCUT2D eigenvalue weighted by Crippen LogP contribution is 2.77. The zero-order chi connectivity index (χ0) is 37.4. The maximum Gasteiger partial charge on any atom is 0.309 e. The van der Waals surface area contributed by atoms with Gasteiger partial charge in [0.2, 0.25) is 0 Å². The number of rotatable bonds is 10. The lowest BCUT2D eigenvalue weighted by Crippen LogP contribution is -2.65. The summed E-state index contributed by atoms with van der Waals surface area (Å²) in [5.74, 6) is 0.647. The number of allylic oxidation sites excluding steroid dienone is 2. The second-order valence-electron chi connectivity index (χ2n) is 19.7. The molecule has 0 amide bonds. The molecule has 6 nitrogen and oxygen atoms in total. The van der Waals surface area contributed by atoms with Crippen LogP contribution in [0, 0.1) is 56.2 Å². The molecule has 1 aromatic carbocycles. The lowest BCUT2D eigenvalue weighted by molar-refractivity contribution is -0.233. The fourth-order valence-corrected chi connectivity index (χ4v) is 13.2. The molecule has 7 heteroatoms. The highest BCUT2D eigenvalue weighted by atomic mass is 35.5. The predicted molar refractivity (Wildman–Crippen MR) is 203 cm³/mol. The van der Waals surface area contributed by atoms with Crippen molar-refractivity contribution >= 4 is 29.3 Å². The summed E-state index contributed by atoms with van der Waals surface area (Å²) in [6, 6.07) is 8.06. The summed E-state index contributed by atoms with van der Waals surface area (Å²) in [5.41, 5.74) is 2.89. The Hall–Kier alpha value is -2.18. The van der Waals surface area contributed by atoms with Crippen LogP contribution in [0.2, 0.25) is 5.02 Å². The van der Waals surface area contributed by atoms with Crippen LogP contribution in [0.4, 0.5) is 0 Å². The van der Waals surface area contributed by atoms with Gasteiger partial charge in [-0.15, -0.1) is 0 Å². The van der Waals surface area contributed by atoms with E-state index in [0.29, 0.717) is 30.0 Å². The van der Waals surface area contributed by atoms with Crippen LogP contribution in [-0.4, -0.2) is 35.5 Å². The Morgan fingerprint density at radius 3 is 2.27 bits per heavy atom. The molecule has 5 aliphatic carbocycles. The second-order valence-corrected chi connectivity index (χ2v) is 20.2. The molecule has 0 aromatic heterocycles. The minimum Gasteiger partial charge on any atom is -0.481 e. The molecule has 0 bridgehead atoms. The van der Waals surface area contributed by atoms with Crippen LogP contribution < -0.4 is 5.32 Å². The van der Waals surface area contributed by atoms with Crippen molar-refractivity contribution in [1.82, 2.24) is 5.32 Å². The summed E-state index contributed by atoms with van der Waals surface area (Å²) in [4.78, 5) is 38.8. The average molecular weight is 722 g/mol. The van der Waals surface area contributed by atoms with E-state index < -0.39 is 17.4 Å². The Bertz CT molecular complexity index is 1580. The third-order valence-corrected chi connectivity index (χ3v) is 16.2. The Kier molecular flexibility index (Phi) is 10.0. The molecule has 8 atom stereocenters. The Balaban J connectivity index is 1.24. The van der Waals surface area contributed by atoms with Crippen LogP contribution in [0.1, 0.15) is 139 Å². The predicted octanol–water partition coefficient (Wildman–Crippen LogP) is 10.2. The summed E-state index contributed by atoms with van der Waals surface area (Å²) >= 11 is 6.12. The molecule has 4 fully saturated rings. The van der Waals surface area contributed by atoms with Gasteiger partial charge in [-0.2, -0.15) is 0 Å². The van der Waals surface area contributed by atoms with Crippen molar-refractivity contribution in [1.29, 1.82) is 0 Å². The molecule has 0 spiro atoms. The lowest BCUT2D eigenvalue weighted by Gasteiger charge is -2.72. The monoisotopic (exact) mass is 721 g/mol. The minimum absolute atomic E-state index is 0.0444. The summed E-state index contributed by atoms with van der Waals surface area (Å²) in [7, 11) is 0. The number of esters is 1. The van der Waals surface area contributed by atoms with E-state index in [4.69, 9.17) is 16.3 Å². The van der Waals surface area contributed by atoms with Gasteiger partial charge in [0.15, 0.2) is 5.78 Å². The van der Waals surface area contributed by atoms with Crippen molar-refractivity contribution in [3.63, 3.8) is 0 Å². The van der Waals surface area contributed by atoms with Crippen LogP contribution in [-0.2, 0) is 25.7 Å². The number of carbonyl (C=O) groups excluding carboxylic acids is 2. The molecule has 5 aliphatic rings. The van der Waals surface area contributed by atoms with Crippen molar-refractivity contribution in [2.75, 3.05) is 6.54 Å². The van der Waals surface area contributed by atoms with E-state index >= 15 is 0 Å². The number of carbonyl (C=O) groups is 3. The number of ketones is 1. The number of ether oxygens (including phenoxy) is 1. The Labute approximate surface area is 312 Å². The molecule has 51 heavy (non-hydrogen) atoms. The molecule has 0 radical (unpaired) electrons. The number of carboxylic acids is 1. The van der Waals surface area contributed by atoms with Gasteiger partial charge in [-0.25, -0.2) is 0 Å². The van der Waals surface area contributed by atoms with Crippen LogP contribution >= 0.6 is 11.6 Å². The number of fused-ring (bicyclic) bond motifs is 7. The van der Waals surface area contributed by atoms with Gasteiger partial charge in [-0.1, -0.05) is 77.8 Å². The molecular weight excluding hydrogens is 658 g/mol. The Morgan fingerprint density at radius 1 is 0.941 bits per heavy atom. The average Bonchev–Trinajstić information content (AvgIpc) is 3.34. The number of carboxylic acid groups (broad SMARTS) is 1. The van der Waals surface area contributed by atoms with Crippen molar-refractivity contribution in [3.05, 3.63) is 46.0 Å². The number of Topliss-reactive ketones (excluding diaryl/α,β-unsaturated/α-hetero) is 1. The Morgan fingerprint density at radius 2 is 1.63 bits per heavy atom. The summed E-state index contributed by atoms with van der Waals surface area (Å²) < 4.78 is 6.18. The van der Waals surface area contributed by atoms with Crippen LogP contribution in [0.25, 0.3) is 0 Å². The van der Waals surface area contributed by atoms with E-state index in [2.05, 4.69) is 65.9 Å². The molecular formula is C44H64ClNO5. The molecule has 6 rings (SSSR count). The van der Waals surface area contributed by atoms with Gasteiger partial charge in [-0.3, -0.25) is 14.4 Å². The van der Waals surface area contributed by atoms with Gasteiger partial charge in [-0.05, 0) is 141 Å². The van der Waals surface area contributed by atoms with E-state index in [1.54, 1.807) is 13.8 Å². The highest BCUT2D eigenvalue weighted by Gasteiger charge is 2.70. The molecule has 1 aromatic rings. The number of aliphatic carboxylic acids is 1. The van der Waals surface area contributed by atoms with Gasteiger partial charge in [0.05, 0.1) is 11.8 Å². The SMILES string of the molecule is CC(C)C1=C2C3CCC4C5(C)CCC(OC(=O)CC(C)(C)C(=O)O)C(C)(C)C5CCC4(C)C3(C)CCC2(CCNCc2ccc(Cl)cc2)CC1=O. The third-order valence-electron chi connectivity index (χ3n) is 16.0. The maximum atomic E-state index is 14.0. The number of hydrogen-bond acceptors (Lipinski definition) is 5. The lowest BCUT2D eigenvalue weighted by atomic mass is 9.33. The molecule has 4 saturated carbocycles. The van der Waals surface area contributed by atoms with Gasteiger partial charge in [0.25, 0.3) is 0 Å². The first kappa shape index (κ1) is 38.5. The van der Waals surface area contributed by atoms with E-state index in [9.17, 15) is 19.5 Å². The first-order valence-electron chi connectivity index (χ1n) is 19.9. The summed E-state index contributed by atoms with van der Waals surface area (Å²) in [5, 5.41) is 14.1. The van der Waals surface area contributed by atoms with E-state index in [1.807, 2.05) is 12.1 Å². The van der Waals surface area contributed by atoms with Crippen molar-refractivity contribution in [2.45, 2.75) is 146 Å². The number of benzene rings is 1. The largest absolute Gasteiger partial charge is 0.481 e. The number of nitrogens with one attached hydrogen (secondary N) is 1. The first-order chi connectivity index (χ1) is 23.7. The zero-order valence-corrected chi connectivity index (χ0v) is 33.6. The molecule has 282 valence electrons. The molecule has 2 N–H and O–H groups in total. The van der Waals surface area contributed by atoms with Crippen molar-refractivity contribution in [2.24, 2.45) is 56.2 Å². The van der Waals surface area contributed by atoms with E-state index in [1.165, 1.54) is 17.6 Å². The maximum absolute atomic E-state index is 14.0. The number of halogens is 1. The van der Waals surface area contributed by atoms with Gasteiger partial charge >= 0.3 is 11.9 Å². The zero-order valence-electron chi connectivity index (χ0n) is 32.8. The fourth-order valence-electron chi connectivity index (χ4n) is 13.0. The van der Waals surface area contributed by atoms with Crippen molar-refractivity contribution < 1.29 is 24.2 Å². The smallest absolute Gasteiger partial charge is 0.309 e. The van der Waals surface area contributed by atoms with Crippen molar-refractivity contribution in [3.8, 4) is 0 Å². The summed E-state index contributed by atoms with van der Waals surface area (Å²) in [6.45, 7) is 21.7. The summed E-state index contributed by atoms with van der Waals surface area (Å²) in [6.07, 6.45) is 9.98. The quantitative estimate of drug-likeness (QED) is 0.185. The van der Waals surface area contributed by atoms with Gasteiger partial charge in [0, 0.05) is 28.8 Å². The van der Waals surface area contributed by atoms with Crippen LogP contribution in [0.15, 0.2) is 35.4 Å². The normalized spacial score (nSPS) is 37.4. The topological polar surface area (TPSA) is 92.7 Å². The minimum atomic E-state index is -1.15. The first-order valence-corrected chi connectivity index (χ1v) is 20.3. The van der Waals surface area contributed by atoms with Crippen LogP contribution in [0.3, 0.4) is 0 Å². The van der Waals surface area contributed by atoms with Gasteiger partial charge < -0.3 is 15.2 Å². The van der Waals surface area contributed by atoms with E-state index in [-0.39, 0.29) is 45.5 Å². The number of hydrogen-bond donors (Lipinski definition) is 2. The molecule has 8 unspecified atom stereocenters. The molecule has 0 saturated heterocycles. The third kappa shape index (κ3) is 6.24. The van der Waals surface area contributed by atoms with Crippen LogP contribution in [0.5, 0.6) is 0 Å². The van der Waals surface area contributed by atoms with E-state index in [0.717, 1.165) is 75.1 Å². The molecule has 0 aliphatic heterocycles. The molecule has 0 heterocycles. The fraction of sp³-hybridized carbons (Fsp3) is 0.750.